The highest BCUT2D eigenvalue weighted by molar-refractivity contribution is 6.01. The van der Waals surface area contributed by atoms with E-state index in [1.54, 1.807) is 10.7 Å². The molecule has 0 unspecified atom stereocenters. The fourth-order valence-corrected chi connectivity index (χ4v) is 1.38. The van der Waals surface area contributed by atoms with Crippen LogP contribution in [0.5, 0.6) is 0 Å². The summed E-state index contributed by atoms with van der Waals surface area (Å²) in [4.78, 5) is 33.0. The Morgan fingerprint density at radius 2 is 2.05 bits per heavy atom. The first-order valence-corrected chi connectivity index (χ1v) is 5.76. The monoisotopic (exact) mass is 268 g/mol. The molecule has 1 aromatic rings. The van der Waals surface area contributed by atoms with E-state index in [1.165, 1.54) is 6.20 Å². The van der Waals surface area contributed by atoms with E-state index in [0.717, 1.165) is 0 Å². The summed E-state index contributed by atoms with van der Waals surface area (Å²) < 4.78 is 1.58. The average molecular weight is 268 g/mol. The standard InChI is InChI=1S/C11H16N4O4/c1-7(2)15-8(5-6-12-15)13-11(19)14-9(16)3-4-10(17)18/h5-7H,3-4H2,1-2H3,(H,17,18)(H2,13,14,16,19). The average Bonchev–Trinajstić information content (AvgIpc) is 2.74. The lowest BCUT2D eigenvalue weighted by molar-refractivity contribution is -0.138. The molecular weight excluding hydrogens is 252 g/mol. The van der Waals surface area contributed by atoms with Gasteiger partial charge in [-0.25, -0.2) is 9.48 Å². The summed E-state index contributed by atoms with van der Waals surface area (Å²) in [6, 6.07) is 0.951. The maximum atomic E-state index is 11.5. The van der Waals surface area contributed by atoms with Crippen molar-refractivity contribution < 1.29 is 19.5 Å². The number of hydrogen-bond donors (Lipinski definition) is 3. The molecule has 0 saturated carbocycles. The number of hydrogen-bond acceptors (Lipinski definition) is 4. The van der Waals surface area contributed by atoms with Crippen LogP contribution in [0.2, 0.25) is 0 Å². The number of amides is 3. The molecule has 0 aliphatic rings. The Balaban J connectivity index is 2.49. The molecule has 0 bridgehead atoms. The highest BCUT2D eigenvalue weighted by Gasteiger charge is 2.12. The Labute approximate surface area is 109 Å². The third kappa shape index (κ3) is 4.78. The number of carbonyl (C=O) groups is 3. The fraction of sp³-hybridized carbons (Fsp3) is 0.455. The lowest BCUT2D eigenvalue weighted by Gasteiger charge is -2.11. The SMILES string of the molecule is CC(C)n1nccc1NC(=O)NC(=O)CCC(=O)O. The predicted molar refractivity (Wildman–Crippen MR) is 66.6 cm³/mol. The molecule has 104 valence electrons. The predicted octanol–water partition coefficient (Wildman–Crippen LogP) is 0.977. The highest BCUT2D eigenvalue weighted by atomic mass is 16.4. The second-order valence-corrected chi connectivity index (χ2v) is 4.15. The van der Waals surface area contributed by atoms with Crippen molar-refractivity contribution in [2.75, 3.05) is 5.32 Å². The van der Waals surface area contributed by atoms with E-state index >= 15 is 0 Å². The van der Waals surface area contributed by atoms with Crippen molar-refractivity contribution in [3.05, 3.63) is 12.3 Å². The van der Waals surface area contributed by atoms with Crippen molar-refractivity contribution in [1.29, 1.82) is 0 Å². The summed E-state index contributed by atoms with van der Waals surface area (Å²) in [5.74, 6) is -1.28. The smallest absolute Gasteiger partial charge is 0.327 e. The Morgan fingerprint density at radius 1 is 1.37 bits per heavy atom. The number of aromatic nitrogens is 2. The number of nitrogens with zero attached hydrogens (tertiary/aromatic N) is 2. The molecule has 3 amide bonds. The minimum Gasteiger partial charge on any atom is -0.481 e. The molecule has 0 radical (unpaired) electrons. The third-order valence-electron chi connectivity index (χ3n) is 2.22. The molecule has 1 rings (SSSR count). The highest BCUT2D eigenvalue weighted by Crippen LogP contribution is 2.12. The van der Waals surface area contributed by atoms with Crippen LogP contribution >= 0.6 is 0 Å². The first-order chi connectivity index (χ1) is 8.90. The number of rotatable bonds is 5. The van der Waals surface area contributed by atoms with E-state index in [4.69, 9.17) is 5.11 Å². The van der Waals surface area contributed by atoms with E-state index < -0.39 is 17.9 Å². The van der Waals surface area contributed by atoms with Crippen molar-refractivity contribution in [2.45, 2.75) is 32.7 Å². The number of urea groups is 1. The molecule has 3 N–H and O–H groups in total. The zero-order chi connectivity index (χ0) is 14.4. The molecule has 0 spiro atoms. The Kier molecular flexibility index (Phi) is 5.04. The van der Waals surface area contributed by atoms with Crippen LogP contribution < -0.4 is 10.6 Å². The van der Waals surface area contributed by atoms with Crippen molar-refractivity contribution >= 4 is 23.7 Å². The lowest BCUT2D eigenvalue weighted by atomic mass is 10.3. The molecule has 8 nitrogen and oxygen atoms in total. The van der Waals surface area contributed by atoms with Gasteiger partial charge in [0.15, 0.2) is 0 Å². The Hall–Kier alpha value is -2.38. The molecule has 0 aliphatic heterocycles. The number of imide groups is 1. The molecule has 19 heavy (non-hydrogen) atoms. The quantitative estimate of drug-likeness (QED) is 0.736. The lowest BCUT2D eigenvalue weighted by Crippen LogP contribution is -2.35. The zero-order valence-electron chi connectivity index (χ0n) is 10.7. The van der Waals surface area contributed by atoms with Gasteiger partial charge in [-0.1, -0.05) is 0 Å². The third-order valence-corrected chi connectivity index (χ3v) is 2.22. The van der Waals surface area contributed by atoms with Gasteiger partial charge in [0.05, 0.1) is 12.6 Å². The van der Waals surface area contributed by atoms with E-state index in [0.29, 0.717) is 5.82 Å². The van der Waals surface area contributed by atoms with Crippen LogP contribution in [0, 0.1) is 0 Å². The first-order valence-electron chi connectivity index (χ1n) is 5.76. The molecule has 1 heterocycles. The number of carboxylic acids is 1. The number of nitrogens with one attached hydrogen (secondary N) is 2. The molecule has 0 atom stereocenters. The van der Waals surface area contributed by atoms with Gasteiger partial charge in [0.2, 0.25) is 5.91 Å². The van der Waals surface area contributed by atoms with Gasteiger partial charge in [-0.3, -0.25) is 20.2 Å². The first kappa shape index (κ1) is 14.7. The summed E-state index contributed by atoms with van der Waals surface area (Å²) in [5, 5.41) is 16.9. The number of aliphatic carboxylic acids is 1. The Morgan fingerprint density at radius 3 is 2.63 bits per heavy atom. The van der Waals surface area contributed by atoms with Gasteiger partial charge in [0, 0.05) is 18.5 Å². The number of anilines is 1. The number of carboxylic acid groups (broad SMARTS) is 1. The van der Waals surface area contributed by atoms with Crippen LogP contribution in [0.4, 0.5) is 10.6 Å². The summed E-state index contributed by atoms with van der Waals surface area (Å²) in [6.45, 7) is 3.79. The van der Waals surface area contributed by atoms with Gasteiger partial charge in [-0.15, -0.1) is 0 Å². The summed E-state index contributed by atoms with van der Waals surface area (Å²) in [6.07, 6.45) is 0.969. The summed E-state index contributed by atoms with van der Waals surface area (Å²) in [5.41, 5.74) is 0. The van der Waals surface area contributed by atoms with E-state index in [1.807, 2.05) is 19.2 Å². The largest absolute Gasteiger partial charge is 0.481 e. The molecule has 0 fully saturated rings. The minimum atomic E-state index is -1.09. The number of carbonyl (C=O) groups excluding carboxylic acids is 2. The molecule has 0 saturated heterocycles. The summed E-state index contributed by atoms with van der Waals surface area (Å²) in [7, 11) is 0. The maximum absolute atomic E-state index is 11.5. The normalized spacial score (nSPS) is 10.3. The van der Waals surface area contributed by atoms with Gasteiger partial charge in [0.25, 0.3) is 0 Å². The van der Waals surface area contributed by atoms with E-state index in [9.17, 15) is 14.4 Å². The van der Waals surface area contributed by atoms with Gasteiger partial charge in [0.1, 0.15) is 5.82 Å². The van der Waals surface area contributed by atoms with Gasteiger partial charge < -0.3 is 5.11 Å². The van der Waals surface area contributed by atoms with Crippen LogP contribution in [-0.2, 0) is 9.59 Å². The van der Waals surface area contributed by atoms with Crippen molar-refractivity contribution in [3.8, 4) is 0 Å². The van der Waals surface area contributed by atoms with Crippen LogP contribution in [0.3, 0.4) is 0 Å². The van der Waals surface area contributed by atoms with Crippen LogP contribution in [0.1, 0.15) is 32.7 Å². The minimum absolute atomic E-state index is 0.0630. The summed E-state index contributed by atoms with van der Waals surface area (Å²) >= 11 is 0. The van der Waals surface area contributed by atoms with Crippen LogP contribution in [0.25, 0.3) is 0 Å². The molecule has 8 heteroatoms. The van der Waals surface area contributed by atoms with Crippen molar-refractivity contribution in [2.24, 2.45) is 0 Å². The van der Waals surface area contributed by atoms with Gasteiger partial charge in [-0.05, 0) is 13.8 Å². The molecule has 1 aromatic heterocycles. The van der Waals surface area contributed by atoms with Crippen LogP contribution in [0.15, 0.2) is 12.3 Å². The second-order valence-electron chi connectivity index (χ2n) is 4.15. The zero-order valence-corrected chi connectivity index (χ0v) is 10.7. The second kappa shape index (κ2) is 6.53. The molecule has 0 aromatic carbocycles. The van der Waals surface area contributed by atoms with E-state index in [2.05, 4.69) is 10.4 Å². The fourth-order valence-electron chi connectivity index (χ4n) is 1.38. The molecule has 0 aliphatic carbocycles. The topological polar surface area (TPSA) is 113 Å². The van der Waals surface area contributed by atoms with Gasteiger partial charge in [-0.2, -0.15) is 5.10 Å². The van der Waals surface area contributed by atoms with Crippen molar-refractivity contribution in [3.63, 3.8) is 0 Å². The van der Waals surface area contributed by atoms with Crippen molar-refractivity contribution in [1.82, 2.24) is 15.1 Å². The molecular formula is C11H16N4O4. The van der Waals surface area contributed by atoms with Gasteiger partial charge >= 0.3 is 12.0 Å². The maximum Gasteiger partial charge on any atom is 0.327 e. The van der Waals surface area contributed by atoms with Crippen LogP contribution in [-0.4, -0.2) is 32.8 Å². The Bertz CT molecular complexity index is 481. The van der Waals surface area contributed by atoms with E-state index in [-0.39, 0.29) is 18.9 Å².